The van der Waals surface area contributed by atoms with Gasteiger partial charge in [0.15, 0.2) is 6.61 Å². The van der Waals surface area contributed by atoms with Crippen molar-refractivity contribution < 1.29 is 19.2 Å². The third kappa shape index (κ3) is 3.18. The first kappa shape index (κ1) is 15.5. The molecule has 0 bridgehead atoms. The molecular formula is C16H18N2O5. The van der Waals surface area contributed by atoms with Crippen molar-refractivity contribution in [2.75, 3.05) is 18.1 Å². The molecule has 7 heteroatoms. The summed E-state index contributed by atoms with van der Waals surface area (Å²) < 4.78 is 5.10. The number of carbonyl (C=O) groups excluding carboxylic acids is 2. The molecule has 1 aliphatic carbocycles. The third-order valence-corrected chi connectivity index (χ3v) is 4.47. The number of aryl methyl sites for hydroxylation is 1. The molecule has 0 aromatic heterocycles. The van der Waals surface area contributed by atoms with Gasteiger partial charge < -0.3 is 9.64 Å². The topological polar surface area (TPSA) is 89.8 Å². The van der Waals surface area contributed by atoms with Gasteiger partial charge in [-0.25, -0.2) is 0 Å². The van der Waals surface area contributed by atoms with Crippen LogP contribution in [-0.4, -0.2) is 30.0 Å². The SMILES string of the molecule is O=C(OCC(=O)N1CCCc2cc([N+](=O)[O-])ccc21)C1CCC1. The maximum Gasteiger partial charge on any atom is 0.309 e. The van der Waals surface area contributed by atoms with Crippen LogP contribution >= 0.6 is 0 Å². The predicted octanol–water partition coefficient (Wildman–Crippen LogP) is 2.22. The lowest BCUT2D eigenvalue weighted by atomic mass is 9.86. The van der Waals surface area contributed by atoms with E-state index in [-0.39, 0.29) is 30.1 Å². The average Bonchev–Trinajstić information content (AvgIpc) is 2.49. The van der Waals surface area contributed by atoms with Gasteiger partial charge in [-0.3, -0.25) is 19.7 Å². The van der Waals surface area contributed by atoms with E-state index < -0.39 is 4.92 Å². The highest BCUT2D eigenvalue weighted by molar-refractivity contribution is 5.96. The van der Waals surface area contributed by atoms with E-state index in [1.807, 2.05) is 0 Å². The fourth-order valence-corrected chi connectivity index (χ4v) is 2.93. The second-order valence-corrected chi connectivity index (χ2v) is 5.95. The van der Waals surface area contributed by atoms with E-state index in [9.17, 15) is 19.7 Å². The first-order chi connectivity index (χ1) is 11.1. The molecule has 0 atom stereocenters. The molecule has 1 saturated carbocycles. The van der Waals surface area contributed by atoms with E-state index >= 15 is 0 Å². The van der Waals surface area contributed by atoms with Gasteiger partial charge in [0.25, 0.3) is 11.6 Å². The van der Waals surface area contributed by atoms with Crippen molar-refractivity contribution in [3.63, 3.8) is 0 Å². The number of anilines is 1. The molecular weight excluding hydrogens is 300 g/mol. The van der Waals surface area contributed by atoms with Crippen LogP contribution in [0.4, 0.5) is 11.4 Å². The molecule has 122 valence electrons. The summed E-state index contributed by atoms with van der Waals surface area (Å²) in [6, 6.07) is 4.50. The van der Waals surface area contributed by atoms with Crippen molar-refractivity contribution in [3.8, 4) is 0 Å². The van der Waals surface area contributed by atoms with Gasteiger partial charge in [0.05, 0.1) is 10.8 Å². The number of rotatable bonds is 4. The Morgan fingerprint density at radius 3 is 2.74 bits per heavy atom. The molecule has 1 amide bonds. The second-order valence-electron chi connectivity index (χ2n) is 5.95. The molecule has 1 aromatic rings. The largest absolute Gasteiger partial charge is 0.455 e. The Balaban J connectivity index is 1.68. The van der Waals surface area contributed by atoms with Crippen molar-refractivity contribution in [1.29, 1.82) is 0 Å². The zero-order chi connectivity index (χ0) is 16.4. The molecule has 0 saturated heterocycles. The lowest BCUT2D eigenvalue weighted by Crippen LogP contribution is -2.39. The van der Waals surface area contributed by atoms with Crippen molar-refractivity contribution in [2.24, 2.45) is 5.92 Å². The Morgan fingerprint density at radius 2 is 2.09 bits per heavy atom. The molecule has 0 radical (unpaired) electrons. The summed E-state index contributed by atoms with van der Waals surface area (Å²) in [7, 11) is 0. The first-order valence-corrected chi connectivity index (χ1v) is 7.80. The minimum atomic E-state index is -0.443. The number of ether oxygens (including phenoxy) is 1. The number of nitrogens with zero attached hydrogens (tertiary/aromatic N) is 2. The lowest BCUT2D eigenvalue weighted by molar-refractivity contribution is -0.384. The molecule has 1 aromatic carbocycles. The van der Waals surface area contributed by atoms with Gasteiger partial charge in [-0.05, 0) is 37.3 Å². The number of fused-ring (bicyclic) bond motifs is 1. The number of esters is 1. The van der Waals surface area contributed by atoms with Crippen LogP contribution in [0.15, 0.2) is 18.2 Å². The normalized spacial score (nSPS) is 17.1. The van der Waals surface area contributed by atoms with E-state index in [1.54, 1.807) is 11.0 Å². The van der Waals surface area contributed by atoms with Gasteiger partial charge in [0, 0.05) is 24.4 Å². The van der Waals surface area contributed by atoms with Gasteiger partial charge in [-0.1, -0.05) is 6.42 Å². The summed E-state index contributed by atoms with van der Waals surface area (Å²) in [4.78, 5) is 36.0. The quantitative estimate of drug-likeness (QED) is 0.482. The van der Waals surface area contributed by atoms with Crippen LogP contribution in [0.1, 0.15) is 31.2 Å². The Kier molecular flexibility index (Phi) is 4.27. The lowest BCUT2D eigenvalue weighted by Gasteiger charge is -2.29. The van der Waals surface area contributed by atoms with E-state index in [4.69, 9.17) is 4.74 Å². The average molecular weight is 318 g/mol. The Morgan fingerprint density at radius 1 is 1.30 bits per heavy atom. The number of hydrogen-bond donors (Lipinski definition) is 0. The minimum Gasteiger partial charge on any atom is -0.455 e. The Labute approximate surface area is 133 Å². The van der Waals surface area contributed by atoms with Crippen LogP contribution in [0, 0.1) is 16.0 Å². The number of carbonyl (C=O) groups is 2. The van der Waals surface area contributed by atoms with Crippen LogP contribution in [-0.2, 0) is 20.7 Å². The fraction of sp³-hybridized carbons (Fsp3) is 0.500. The first-order valence-electron chi connectivity index (χ1n) is 7.80. The van der Waals surface area contributed by atoms with E-state index in [0.29, 0.717) is 18.7 Å². The summed E-state index contributed by atoms with van der Waals surface area (Å²) in [5.74, 6) is -0.642. The fourth-order valence-electron chi connectivity index (χ4n) is 2.93. The van der Waals surface area contributed by atoms with Crippen LogP contribution in [0.25, 0.3) is 0 Å². The number of hydrogen-bond acceptors (Lipinski definition) is 5. The van der Waals surface area contributed by atoms with Gasteiger partial charge in [0.2, 0.25) is 0 Å². The molecule has 1 fully saturated rings. The maximum absolute atomic E-state index is 12.3. The minimum absolute atomic E-state index is 0.0226. The summed E-state index contributed by atoms with van der Waals surface area (Å²) in [6.07, 6.45) is 4.14. The van der Waals surface area contributed by atoms with Crippen molar-refractivity contribution >= 4 is 23.3 Å². The molecule has 7 nitrogen and oxygen atoms in total. The van der Waals surface area contributed by atoms with Crippen LogP contribution in [0.3, 0.4) is 0 Å². The predicted molar refractivity (Wildman–Crippen MR) is 82.1 cm³/mol. The highest BCUT2D eigenvalue weighted by Gasteiger charge is 2.29. The molecule has 1 heterocycles. The molecule has 0 unspecified atom stereocenters. The number of non-ortho nitro benzene ring substituents is 1. The molecule has 2 aliphatic rings. The molecule has 0 N–H and O–H groups in total. The van der Waals surface area contributed by atoms with Gasteiger partial charge in [0.1, 0.15) is 0 Å². The summed E-state index contributed by atoms with van der Waals surface area (Å²) in [5.41, 5.74) is 1.48. The van der Waals surface area contributed by atoms with Gasteiger partial charge >= 0.3 is 5.97 Å². The summed E-state index contributed by atoms with van der Waals surface area (Å²) in [5, 5.41) is 10.8. The van der Waals surface area contributed by atoms with Crippen LogP contribution in [0.2, 0.25) is 0 Å². The number of amides is 1. The summed E-state index contributed by atoms with van der Waals surface area (Å²) in [6.45, 7) is 0.260. The van der Waals surface area contributed by atoms with Gasteiger partial charge in [-0.15, -0.1) is 0 Å². The highest BCUT2D eigenvalue weighted by atomic mass is 16.6. The maximum atomic E-state index is 12.3. The molecule has 3 rings (SSSR count). The van der Waals surface area contributed by atoms with Crippen molar-refractivity contribution in [3.05, 3.63) is 33.9 Å². The van der Waals surface area contributed by atoms with Crippen molar-refractivity contribution in [1.82, 2.24) is 0 Å². The monoisotopic (exact) mass is 318 g/mol. The third-order valence-electron chi connectivity index (χ3n) is 4.47. The van der Waals surface area contributed by atoms with Gasteiger partial charge in [-0.2, -0.15) is 0 Å². The number of benzene rings is 1. The zero-order valence-electron chi connectivity index (χ0n) is 12.7. The van der Waals surface area contributed by atoms with Crippen LogP contribution < -0.4 is 4.90 Å². The van der Waals surface area contributed by atoms with Crippen LogP contribution in [0.5, 0.6) is 0 Å². The zero-order valence-corrected chi connectivity index (χ0v) is 12.7. The van der Waals surface area contributed by atoms with E-state index in [2.05, 4.69) is 0 Å². The number of nitro groups is 1. The van der Waals surface area contributed by atoms with E-state index in [1.165, 1.54) is 12.1 Å². The van der Waals surface area contributed by atoms with Crippen molar-refractivity contribution in [2.45, 2.75) is 32.1 Å². The molecule has 1 aliphatic heterocycles. The smallest absolute Gasteiger partial charge is 0.309 e. The van der Waals surface area contributed by atoms with E-state index in [0.717, 1.165) is 31.2 Å². The number of nitro benzene ring substituents is 1. The summed E-state index contributed by atoms with van der Waals surface area (Å²) >= 11 is 0. The Hall–Kier alpha value is -2.44. The molecule has 23 heavy (non-hydrogen) atoms. The standard InChI is InChI=1S/C16H18N2O5/c19-15(10-23-16(20)11-3-1-4-11)17-8-2-5-12-9-13(18(21)22)6-7-14(12)17/h6-7,9,11H,1-5,8,10H2. The Bertz CT molecular complexity index is 654. The second kappa shape index (κ2) is 6.36. The highest BCUT2D eigenvalue weighted by Crippen LogP contribution is 2.31. The molecule has 0 spiro atoms.